The first-order valence-electron chi connectivity index (χ1n) is 10.9. The summed E-state index contributed by atoms with van der Waals surface area (Å²) in [5.41, 5.74) is 5.13. The first-order valence-corrected chi connectivity index (χ1v) is 10.9. The average Bonchev–Trinajstić information content (AvgIpc) is 2.79. The van der Waals surface area contributed by atoms with Crippen LogP contribution in [0.5, 0.6) is 0 Å². The number of hydrogen-bond acceptors (Lipinski definition) is 3. The number of nitrogens with zero attached hydrogens (tertiary/aromatic N) is 1. The van der Waals surface area contributed by atoms with Crippen molar-refractivity contribution in [2.24, 2.45) is 0 Å². The summed E-state index contributed by atoms with van der Waals surface area (Å²) in [5.74, 6) is 0. The van der Waals surface area contributed by atoms with Crippen LogP contribution in [-0.2, 0) is 6.42 Å². The number of aryl methyl sites for hydroxylation is 1. The number of aromatic amines is 2. The number of aromatic nitrogens is 2. The summed E-state index contributed by atoms with van der Waals surface area (Å²) in [4.78, 5) is 35.7. The molecule has 156 valence electrons. The Morgan fingerprint density at radius 1 is 0.710 bits per heavy atom. The molecule has 5 heteroatoms. The van der Waals surface area contributed by atoms with Crippen molar-refractivity contribution in [2.45, 2.75) is 27.2 Å². The van der Waals surface area contributed by atoms with Crippen LogP contribution in [-0.4, -0.2) is 23.1 Å². The van der Waals surface area contributed by atoms with E-state index in [4.69, 9.17) is 0 Å². The normalized spacial score (nSPS) is 11.7. The van der Waals surface area contributed by atoms with E-state index in [0.717, 1.165) is 41.8 Å². The van der Waals surface area contributed by atoms with Crippen LogP contribution in [0, 0.1) is 0 Å². The SMILES string of the molecule is CCc1cc(N(CC)CC)cc2c(=O)c3cc4[nH]c5ccccc5c(=O)c4cc3[nH]c12. The highest BCUT2D eigenvalue weighted by Crippen LogP contribution is 2.27. The lowest BCUT2D eigenvalue weighted by Gasteiger charge is -2.22. The molecule has 0 aliphatic carbocycles. The van der Waals surface area contributed by atoms with Crippen LogP contribution in [0.2, 0.25) is 0 Å². The van der Waals surface area contributed by atoms with Gasteiger partial charge in [-0.15, -0.1) is 0 Å². The smallest absolute Gasteiger partial charge is 0.197 e. The quantitative estimate of drug-likeness (QED) is 0.405. The number of pyridine rings is 2. The number of para-hydroxylation sites is 1. The fraction of sp³-hybridized carbons (Fsp3) is 0.231. The lowest BCUT2D eigenvalue weighted by molar-refractivity contribution is 0.865. The number of hydrogen-bond donors (Lipinski definition) is 2. The van der Waals surface area contributed by atoms with E-state index in [1.807, 2.05) is 42.5 Å². The molecule has 5 rings (SSSR count). The standard InChI is InChI=1S/C26H25N3O2/c1-4-15-11-16(29(5-2)6-3)12-20-24(15)28-23-14-18-22(13-19(23)26(20)31)27-21-10-8-7-9-17(21)25(18)30/h7-14H,4-6H2,1-3H3,(H,27,30)(H,28,31). The summed E-state index contributed by atoms with van der Waals surface area (Å²) in [7, 11) is 0. The van der Waals surface area contributed by atoms with E-state index in [1.165, 1.54) is 0 Å². The highest BCUT2D eigenvalue weighted by Gasteiger charge is 2.14. The van der Waals surface area contributed by atoms with Gasteiger partial charge in [0.15, 0.2) is 10.9 Å². The number of benzene rings is 3. The van der Waals surface area contributed by atoms with Crippen molar-refractivity contribution >= 4 is 49.3 Å². The Labute approximate surface area is 179 Å². The second-order valence-corrected chi connectivity index (χ2v) is 7.95. The third kappa shape index (κ3) is 2.92. The minimum atomic E-state index is -0.0280. The number of fused-ring (bicyclic) bond motifs is 4. The molecule has 0 atom stereocenters. The van der Waals surface area contributed by atoms with Gasteiger partial charge in [-0.05, 0) is 62.2 Å². The molecule has 2 N–H and O–H groups in total. The first kappa shape index (κ1) is 19.4. The van der Waals surface area contributed by atoms with Crippen molar-refractivity contribution in [2.75, 3.05) is 18.0 Å². The molecule has 0 saturated heterocycles. The molecule has 0 bridgehead atoms. The van der Waals surface area contributed by atoms with Crippen molar-refractivity contribution in [1.29, 1.82) is 0 Å². The van der Waals surface area contributed by atoms with E-state index >= 15 is 0 Å². The molecule has 2 heterocycles. The Balaban J connectivity index is 1.90. The Morgan fingerprint density at radius 2 is 1.35 bits per heavy atom. The van der Waals surface area contributed by atoms with E-state index in [0.29, 0.717) is 32.6 Å². The van der Waals surface area contributed by atoms with Crippen molar-refractivity contribution in [3.05, 3.63) is 74.5 Å². The lowest BCUT2D eigenvalue weighted by atomic mass is 10.0. The van der Waals surface area contributed by atoms with Crippen molar-refractivity contribution in [3.63, 3.8) is 0 Å². The molecule has 0 fully saturated rings. The Bertz CT molecular complexity index is 1590. The molecule has 2 aromatic heterocycles. The lowest BCUT2D eigenvalue weighted by Crippen LogP contribution is -2.22. The summed E-state index contributed by atoms with van der Waals surface area (Å²) < 4.78 is 0. The zero-order chi connectivity index (χ0) is 21.7. The predicted octanol–water partition coefficient (Wildman–Crippen LogP) is 5.08. The fourth-order valence-corrected chi connectivity index (χ4v) is 4.60. The maximum absolute atomic E-state index is 13.6. The van der Waals surface area contributed by atoms with Crippen molar-refractivity contribution in [1.82, 2.24) is 9.97 Å². The van der Waals surface area contributed by atoms with E-state index in [2.05, 4.69) is 41.7 Å². The maximum atomic E-state index is 13.6. The molecule has 0 radical (unpaired) electrons. The number of rotatable bonds is 4. The van der Waals surface area contributed by atoms with Crippen LogP contribution in [0.1, 0.15) is 26.3 Å². The summed E-state index contributed by atoms with van der Waals surface area (Å²) in [6.45, 7) is 8.11. The second-order valence-electron chi connectivity index (χ2n) is 7.95. The predicted molar refractivity (Wildman–Crippen MR) is 131 cm³/mol. The Kier molecular flexibility index (Phi) is 4.54. The van der Waals surface area contributed by atoms with Gasteiger partial charge in [0.1, 0.15) is 0 Å². The summed E-state index contributed by atoms with van der Waals surface area (Å²) in [5, 5.41) is 2.51. The largest absolute Gasteiger partial charge is 0.372 e. The van der Waals surface area contributed by atoms with Crippen LogP contribution in [0.15, 0.2) is 58.1 Å². The minimum Gasteiger partial charge on any atom is -0.372 e. The minimum absolute atomic E-state index is 0.0108. The zero-order valence-corrected chi connectivity index (χ0v) is 18.0. The van der Waals surface area contributed by atoms with Crippen LogP contribution in [0.3, 0.4) is 0 Å². The molecular formula is C26H25N3O2. The molecule has 0 amide bonds. The zero-order valence-electron chi connectivity index (χ0n) is 18.0. The van der Waals surface area contributed by atoms with Gasteiger partial charge < -0.3 is 14.9 Å². The summed E-state index contributed by atoms with van der Waals surface area (Å²) in [6, 6.07) is 15.2. The topological polar surface area (TPSA) is 69.0 Å². The Hall–Kier alpha value is -3.60. The number of nitrogens with one attached hydrogen (secondary N) is 2. The maximum Gasteiger partial charge on any atom is 0.197 e. The van der Waals surface area contributed by atoms with Gasteiger partial charge in [-0.2, -0.15) is 0 Å². The first-order chi connectivity index (χ1) is 15.0. The summed E-state index contributed by atoms with van der Waals surface area (Å²) >= 11 is 0. The van der Waals surface area contributed by atoms with E-state index in [1.54, 1.807) is 0 Å². The molecule has 0 unspecified atom stereocenters. The molecule has 5 nitrogen and oxygen atoms in total. The van der Waals surface area contributed by atoms with Gasteiger partial charge in [0.25, 0.3) is 0 Å². The van der Waals surface area contributed by atoms with E-state index < -0.39 is 0 Å². The third-order valence-corrected chi connectivity index (χ3v) is 6.31. The van der Waals surface area contributed by atoms with Crippen molar-refractivity contribution in [3.8, 4) is 0 Å². The highest BCUT2D eigenvalue weighted by atomic mass is 16.1. The van der Waals surface area contributed by atoms with Crippen LogP contribution >= 0.6 is 0 Å². The highest BCUT2D eigenvalue weighted by molar-refractivity contribution is 6.03. The van der Waals surface area contributed by atoms with Crippen molar-refractivity contribution < 1.29 is 0 Å². The van der Waals surface area contributed by atoms with Gasteiger partial charge in [-0.3, -0.25) is 9.59 Å². The monoisotopic (exact) mass is 411 g/mol. The molecule has 0 saturated carbocycles. The Morgan fingerprint density at radius 3 is 2.03 bits per heavy atom. The molecule has 0 aliphatic rings. The van der Waals surface area contributed by atoms with Gasteiger partial charge >= 0.3 is 0 Å². The van der Waals surface area contributed by atoms with Gasteiger partial charge in [0, 0.05) is 45.8 Å². The number of H-pyrrole nitrogens is 2. The average molecular weight is 412 g/mol. The third-order valence-electron chi connectivity index (χ3n) is 6.31. The van der Waals surface area contributed by atoms with Gasteiger partial charge in [0.2, 0.25) is 0 Å². The van der Waals surface area contributed by atoms with Crippen LogP contribution < -0.4 is 15.8 Å². The van der Waals surface area contributed by atoms with Gasteiger partial charge in [-0.1, -0.05) is 19.1 Å². The fourth-order valence-electron chi connectivity index (χ4n) is 4.60. The van der Waals surface area contributed by atoms with E-state index in [9.17, 15) is 9.59 Å². The van der Waals surface area contributed by atoms with Gasteiger partial charge in [0.05, 0.1) is 16.6 Å². The van der Waals surface area contributed by atoms with Gasteiger partial charge in [-0.25, -0.2) is 0 Å². The molecule has 3 aromatic carbocycles. The second kappa shape index (κ2) is 7.27. The van der Waals surface area contributed by atoms with Crippen LogP contribution in [0.25, 0.3) is 43.6 Å². The number of anilines is 1. The molecule has 0 spiro atoms. The summed E-state index contributed by atoms with van der Waals surface area (Å²) in [6.07, 6.45) is 0.811. The van der Waals surface area contributed by atoms with E-state index in [-0.39, 0.29) is 10.9 Å². The molecule has 5 aromatic rings. The molecule has 31 heavy (non-hydrogen) atoms. The molecular weight excluding hydrogens is 386 g/mol. The molecule has 0 aliphatic heterocycles. The van der Waals surface area contributed by atoms with Crippen LogP contribution in [0.4, 0.5) is 5.69 Å².